The summed E-state index contributed by atoms with van der Waals surface area (Å²) in [4.78, 5) is 2.44. The first-order valence-corrected chi connectivity index (χ1v) is 9.66. The topological polar surface area (TPSA) is 3.24 Å². The van der Waals surface area contributed by atoms with Crippen LogP contribution in [0.4, 0.5) is 0 Å². The van der Waals surface area contributed by atoms with Crippen molar-refractivity contribution in [1.82, 2.24) is 4.90 Å². The molecule has 0 unspecified atom stereocenters. The number of unbranched alkanes of at least 4 members (excludes halogenated alkanes) is 9. The predicted molar refractivity (Wildman–Crippen MR) is 112 cm³/mol. The minimum absolute atomic E-state index is 0. The summed E-state index contributed by atoms with van der Waals surface area (Å²) in [6, 6.07) is 8.73. The Morgan fingerprint density at radius 1 is 0.833 bits per heavy atom. The van der Waals surface area contributed by atoms with Gasteiger partial charge in [-0.15, -0.1) is 12.4 Å². The molecule has 1 rings (SSSR count). The predicted octanol–water partition coefficient (Wildman–Crippen LogP) is 7.10. The molecule has 1 aromatic rings. The Kier molecular flexibility index (Phi) is 15.2. The fourth-order valence-electron chi connectivity index (χ4n) is 3.02. The van der Waals surface area contributed by atoms with Crippen molar-refractivity contribution in [2.24, 2.45) is 0 Å². The van der Waals surface area contributed by atoms with Crippen molar-refractivity contribution in [2.45, 2.75) is 77.7 Å². The first-order chi connectivity index (χ1) is 11.3. The number of hydrogen-bond acceptors (Lipinski definition) is 1. The second kappa shape index (κ2) is 15.7. The fourth-order valence-corrected chi connectivity index (χ4v) is 3.02. The molecule has 0 N–H and O–H groups in total. The van der Waals surface area contributed by atoms with Gasteiger partial charge in [-0.25, -0.2) is 0 Å². The molecule has 0 saturated heterocycles. The molecular formula is C22H38ClN. The molecule has 0 fully saturated rings. The number of nitrogens with zero attached hydrogens (tertiary/aromatic N) is 1. The third-order valence-electron chi connectivity index (χ3n) is 4.56. The van der Waals surface area contributed by atoms with Crippen LogP contribution in [0.15, 0.2) is 30.8 Å². The van der Waals surface area contributed by atoms with E-state index in [1.54, 1.807) is 0 Å². The average molecular weight is 352 g/mol. The highest BCUT2D eigenvalue weighted by Gasteiger charge is 2.00. The third kappa shape index (κ3) is 11.7. The molecule has 0 bridgehead atoms. The summed E-state index contributed by atoms with van der Waals surface area (Å²) >= 11 is 0. The van der Waals surface area contributed by atoms with Gasteiger partial charge >= 0.3 is 0 Å². The van der Waals surface area contributed by atoms with Gasteiger partial charge in [0.1, 0.15) is 0 Å². The summed E-state index contributed by atoms with van der Waals surface area (Å²) in [6.45, 7) is 8.34. The molecular weight excluding hydrogens is 314 g/mol. The zero-order valence-corrected chi connectivity index (χ0v) is 16.8. The maximum atomic E-state index is 3.80. The molecule has 0 atom stereocenters. The van der Waals surface area contributed by atoms with Gasteiger partial charge in [-0.05, 0) is 31.1 Å². The molecule has 0 aromatic heterocycles. The van der Waals surface area contributed by atoms with Gasteiger partial charge in [0.2, 0.25) is 0 Å². The molecule has 138 valence electrons. The smallest absolute Gasteiger partial charge is 0.0230 e. The molecule has 2 heteroatoms. The molecule has 0 amide bonds. The molecule has 0 radical (unpaired) electrons. The van der Waals surface area contributed by atoms with Gasteiger partial charge in [0.05, 0.1) is 0 Å². The number of halogens is 1. The zero-order valence-electron chi connectivity index (χ0n) is 15.9. The highest BCUT2D eigenvalue weighted by molar-refractivity contribution is 5.85. The van der Waals surface area contributed by atoms with Gasteiger partial charge in [-0.2, -0.15) is 0 Å². The molecule has 0 saturated carbocycles. The van der Waals surface area contributed by atoms with Crippen LogP contribution in [0.3, 0.4) is 0 Å². The van der Waals surface area contributed by atoms with Crippen LogP contribution >= 0.6 is 12.4 Å². The van der Waals surface area contributed by atoms with Crippen LogP contribution in [0.25, 0.3) is 6.08 Å². The maximum absolute atomic E-state index is 3.80. The lowest BCUT2D eigenvalue weighted by Gasteiger charge is -2.16. The molecule has 1 aromatic carbocycles. The Morgan fingerprint density at radius 2 is 1.33 bits per heavy atom. The SMILES string of the molecule is C=Cc1ccc(CN(C)CCCCCCCCCCCC)cc1.Cl. The molecule has 0 heterocycles. The summed E-state index contributed by atoms with van der Waals surface area (Å²) in [5.41, 5.74) is 2.59. The summed E-state index contributed by atoms with van der Waals surface area (Å²) < 4.78 is 0. The Balaban J connectivity index is 0.00000529. The van der Waals surface area contributed by atoms with Crippen molar-refractivity contribution in [2.75, 3.05) is 13.6 Å². The van der Waals surface area contributed by atoms with Crippen LogP contribution in [-0.4, -0.2) is 18.5 Å². The Labute approximate surface area is 156 Å². The number of rotatable bonds is 14. The lowest BCUT2D eigenvalue weighted by molar-refractivity contribution is 0.316. The van der Waals surface area contributed by atoms with Crippen LogP contribution in [0.2, 0.25) is 0 Å². The highest BCUT2D eigenvalue weighted by Crippen LogP contribution is 2.12. The minimum Gasteiger partial charge on any atom is -0.302 e. The van der Waals surface area contributed by atoms with Crippen LogP contribution in [0.1, 0.15) is 82.3 Å². The Bertz CT molecular complexity index is 399. The van der Waals surface area contributed by atoms with Gasteiger partial charge in [-0.3, -0.25) is 0 Å². The van der Waals surface area contributed by atoms with E-state index in [1.807, 2.05) is 6.08 Å². The van der Waals surface area contributed by atoms with Crippen molar-refractivity contribution in [3.05, 3.63) is 42.0 Å². The Morgan fingerprint density at radius 3 is 1.83 bits per heavy atom. The molecule has 0 aliphatic carbocycles. The van der Waals surface area contributed by atoms with Gasteiger partial charge < -0.3 is 4.90 Å². The molecule has 0 aliphatic rings. The maximum Gasteiger partial charge on any atom is 0.0230 e. The van der Waals surface area contributed by atoms with Crippen molar-refractivity contribution in [3.63, 3.8) is 0 Å². The lowest BCUT2D eigenvalue weighted by Crippen LogP contribution is -2.19. The first kappa shape index (κ1) is 23.2. The zero-order chi connectivity index (χ0) is 16.8. The van der Waals surface area contributed by atoms with Gasteiger partial charge in [-0.1, -0.05) is 102 Å². The number of hydrogen-bond donors (Lipinski definition) is 0. The Hall–Kier alpha value is -0.790. The van der Waals surface area contributed by atoms with Crippen molar-refractivity contribution in [1.29, 1.82) is 0 Å². The molecule has 24 heavy (non-hydrogen) atoms. The van der Waals surface area contributed by atoms with Gasteiger partial charge in [0.25, 0.3) is 0 Å². The first-order valence-electron chi connectivity index (χ1n) is 9.66. The van der Waals surface area contributed by atoms with Gasteiger partial charge in [0, 0.05) is 6.54 Å². The van der Waals surface area contributed by atoms with Crippen molar-refractivity contribution < 1.29 is 0 Å². The normalized spacial score (nSPS) is 10.6. The summed E-state index contributed by atoms with van der Waals surface area (Å²) in [5, 5.41) is 0. The standard InChI is InChI=1S/C22H37N.ClH/c1-4-6-7-8-9-10-11-12-13-14-19-23(3)20-22-17-15-21(5-2)16-18-22;/h5,15-18H,2,4,6-14,19-20H2,1,3H3;1H. The van der Waals surface area contributed by atoms with Gasteiger partial charge in [0.15, 0.2) is 0 Å². The van der Waals surface area contributed by atoms with E-state index in [1.165, 1.54) is 81.9 Å². The largest absolute Gasteiger partial charge is 0.302 e. The molecule has 0 spiro atoms. The van der Waals surface area contributed by atoms with E-state index < -0.39 is 0 Å². The van der Waals surface area contributed by atoms with E-state index in [0.717, 1.165) is 6.54 Å². The minimum atomic E-state index is 0. The van der Waals surface area contributed by atoms with E-state index in [4.69, 9.17) is 0 Å². The second-order valence-corrected chi connectivity index (χ2v) is 6.87. The van der Waals surface area contributed by atoms with E-state index >= 15 is 0 Å². The van der Waals surface area contributed by atoms with Crippen LogP contribution in [0, 0.1) is 0 Å². The highest BCUT2D eigenvalue weighted by atomic mass is 35.5. The van der Waals surface area contributed by atoms with E-state index in [9.17, 15) is 0 Å². The monoisotopic (exact) mass is 351 g/mol. The average Bonchev–Trinajstić information content (AvgIpc) is 2.57. The number of benzene rings is 1. The molecule has 0 aliphatic heterocycles. The van der Waals surface area contributed by atoms with E-state index in [-0.39, 0.29) is 12.4 Å². The van der Waals surface area contributed by atoms with Crippen molar-refractivity contribution in [3.8, 4) is 0 Å². The molecule has 1 nitrogen and oxygen atoms in total. The van der Waals surface area contributed by atoms with E-state index in [0.29, 0.717) is 0 Å². The third-order valence-corrected chi connectivity index (χ3v) is 4.56. The van der Waals surface area contributed by atoms with Crippen LogP contribution in [-0.2, 0) is 6.54 Å². The summed E-state index contributed by atoms with van der Waals surface area (Å²) in [5.74, 6) is 0. The van der Waals surface area contributed by atoms with Crippen LogP contribution < -0.4 is 0 Å². The fraction of sp³-hybridized carbons (Fsp3) is 0.636. The second-order valence-electron chi connectivity index (χ2n) is 6.87. The quantitative estimate of drug-likeness (QED) is 0.323. The van der Waals surface area contributed by atoms with Crippen LogP contribution in [0.5, 0.6) is 0 Å². The van der Waals surface area contributed by atoms with Crippen molar-refractivity contribution >= 4 is 18.5 Å². The van der Waals surface area contributed by atoms with E-state index in [2.05, 4.69) is 49.7 Å². The summed E-state index contributed by atoms with van der Waals surface area (Å²) in [7, 11) is 2.23. The lowest BCUT2D eigenvalue weighted by atomic mass is 10.1. The summed E-state index contributed by atoms with van der Waals surface area (Å²) in [6.07, 6.45) is 16.0.